The van der Waals surface area contributed by atoms with E-state index in [9.17, 15) is 9.59 Å². The van der Waals surface area contributed by atoms with Crippen molar-refractivity contribution in [2.75, 3.05) is 0 Å². The van der Waals surface area contributed by atoms with Crippen molar-refractivity contribution in [3.8, 4) is 0 Å². The molecule has 0 spiro atoms. The predicted octanol–water partition coefficient (Wildman–Crippen LogP) is 3.29. The number of cyclic esters (lactones) is 1. The predicted molar refractivity (Wildman–Crippen MR) is 71.5 cm³/mol. The van der Waals surface area contributed by atoms with E-state index in [4.69, 9.17) is 4.74 Å². The quantitative estimate of drug-likeness (QED) is 0.820. The van der Waals surface area contributed by atoms with Crippen LogP contribution < -0.4 is 0 Å². The second-order valence-corrected chi connectivity index (χ2v) is 5.38. The van der Waals surface area contributed by atoms with Gasteiger partial charge in [0.1, 0.15) is 5.60 Å². The van der Waals surface area contributed by atoms with Crippen molar-refractivity contribution < 1.29 is 14.3 Å². The number of hydrogen-bond acceptors (Lipinski definition) is 3. The van der Waals surface area contributed by atoms with Crippen LogP contribution in [0.1, 0.15) is 45.2 Å². The van der Waals surface area contributed by atoms with E-state index in [1.807, 2.05) is 44.2 Å². The summed E-state index contributed by atoms with van der Waals surface area (Å²) in [5.74, 6) is -0.200. The third-order valence-electron chi connectivity index (χ3n) is 3.31. The number of carbonyl (C=O) groups is 2. The Bertz CT molecular complexity index is 481. The molecule has 1 aromatic rings. The third kappa shape index (κ3) is 2.78. The van der Waals surface area contributed by atoms with Gasteiger partial charge in [-0.25, -0.2) is 9.69 Å². The smallest absolute Gasteiger partial charge is 0.417 e. The van der Waals surface area contributed by atoms with Crippen LogP contribution in [0.25, 0.3) is 0 Å². The van der Waals surface area contributed by atoms with Gasteiger partial charge < -0.3 is 4.74 Å². The Morgan fingerprint density at radius 3 is 2.58 bits per heavy atom. The number of rotatable bonds is 2. The van der Waals surface area contributed by atoms with Gasteiger partial charge in [0.05, 0.1) is 6.04 Å². The molecule has 1 fully saturated rings. The maximum absolute atomic E-state index is 12.1. The van der Waals surface area contributed by atoms with Gasteiger partial charge in [-0.3, -0.25) is 4.79 Å². The molecule has 0 N–H and O–H groups in total. The fraction of sp³-hybridized carbons (Fsp3) is 0.467. The van der Waals surface area contributed by atoms with Crippen LogP contribution in [0, 0.1) is 0 Å². The molecule has 0 unspecified atom stereocenters. The molecule has 1 aliphatic rings. The van der Waals surface area contributed by atoms with Crippen molar-refractivity contribution in [3.05, 3.63) is 35.9 Å². The topological polar surface area (TPSA) is 46.6 Å². The third-order valence-corrected chi connectivity index (χ3v) is 3.31. The van der Waals surface area contributed by atoms with Gasteiger partial charge in [-0.1, -0.05) is 37.3 Å². The minimum Gasteiger partial charge on any atom is -0.443 e. The van der Waals surface area contributed by atoms with Crippen LogP contribution in [-0.4, -0.2) is 22.5 Å². The lowest BCUT2D eigenvalue weighted by Crippen LogP contribution is -2.50. The van der Waals surface area contributed by atoms with Gasteiger partial charge in [-0.2, -0.15) is 0 Å². The zero-order valence-electron chi connectivity index (χ0n) is 11.6. The largest absolute Gasteiger partial charge is 0.443 e. The Balaban J connectivity index is 2.39. The first kappa shape index (κ1) is 13.6. The maximum Gasteiger partial charge on any atom is 0.417 e. The van der Waals surface area contributed by atoms with Gasteiger partial charge in [-0.15, -0.1) is 0 Å². The summed E-state index contributed by atoms with van der Waals surface area (Å²) in [6.45, 7) is 5.49. The summed E-state index contributed by atoms with van der Waals surface area (Å²) >= 11 is 0. The van der Waals surface area contributed by atoms with E-state index in [2.05, 4.69) is 0 Å². The zero-order valence-corrected chi connectivity index (χ0v) is 11.6. The normalized spacial score (nSPS) is 21.9. The fourth-order valence-electron chi connectivity index (χ4n) is 2.40. The molecular weight excluding hydrogens is 242 g/mol. The van der Waals surface area contributed by atoms with E-state index in [1.165, 1.54) is 4.90 Å². The summed E-state index contributed by atoms with van der Waals surface area (Å²) in [5, 5.41) is 0. The van der Waals surface area contributed by atoms with Crippen molar-refractivity contribution in [2.24, 2.45) is 0 Å². The highest BCUT2D eigenvalue weighted by Gasteiger charge is 2.43. The fourth-order valence-corrected chi connectivity index (χ4v) is 2.40. The minimum absolute atomic E-state index is 0.200. The van der Waals surface area contributed by atoms with E-state index in [-0.39, 0.29) is 11.9 Å². The van der Waals surface area contributed by atoms with Crippen molar-refractivity contribution in [1.82, 2.24) is 4.90 Å². The van der Waals surface area contributed by atoms with Gasteiger partial charge in [0.2, 0.25) is 5.91 Å². The van der Waals surface area contributed by atoms with Crippen LogP contribution in [0.4, 0.5) is 4.79 Å². The number of amides is 2. The summed E-state index contributed by atoms with van der Waals surface area (Å²) in [7, 11) is 0. The van der Waals surface area contributed by atoms with Crippen molar-refractivity contribution >= 4 is 12.0 Å². The summed E-state index contributed by atoms with van der Waals surface area (Å²) in [6, 6.07) is 9.38. The van der Waals surface area contributed by atoms with E-state index < -0.39 is 11.7 Å². The van der Waals surface area contributed by atoms with Gasteiger partial charge >= 0.3 is 6.09 Å². The molecule has 1 saturated heterocycles. The van der Waals surface area contributed by atoms with E-state index in [0.717, 1.165) is 5.56 Å². The first-order valence-corrected chi connectivity index (χ1v) is 6.54. The highest BCUT2D eigenvalue weighted by atomic mass is 16.6. The van der Waals surface area contributed by atoms with Crippen LogP contribution in [-0.2, 0) is 9.53 Å². The molecule has 0 bridgehead atoms. The Kier molecular flexibility index (Phi) is 3.60. The number of carbonyl (C=O) groups excluding carboxylic acids is 2. The Labute approximate surface area is 113 Å². The van der Waals surface area contributed by atoms with Crippen LogP contribution in [0.5, 0.6) is 0 Å². The van der Waals surface area contributed by atoms with Crippen LogP contribution in [0.3, 0.4) is 0 Å². The molecule has 1 aliphatic heterocycles. The molecule has 2 rings (SSSR count). The lowest BCUT2D eigenvalue weighted by atomic mass is 9.91. The zero-order chi connectivity index (χ0) is 14.0. The van der Waals surface area contributed by atoms with E-state index in [1.54, 1.807) is 6.92 Å². The SMILES string of the molecule is CCC(=O)N1C(=O)OC(C)(C)C[C@@H]1c1ccccc1. The average molecular weight is 261 g/mol. The van der Waals surface area contributed by atoms with Crippen LogP contribution >= 0.6 is 0 Å². The van der Waals surface area contributed by atoms with Gasteiger partial charge in [-0.05, 0) is 19.4 Å². The van der Waals surface area contributed by atoms with Crippen molar-refractivity contribution in [1.29, 1.82) is 0 Å². The molecule has 102 valence electrons. The summed E-state index contributed by atoms with van der Waals surface area (Å²) in [5.41, 5.74) is 0.413. The molecule has 4 nitrogen and oxygen atoms in total. The molecule has 19 heavy (non-hydrogen) atoms. The highest BCUT2D eigenvalue weighted by Crippen LogP contribution is 2.37. The summed E-state index contributed by atoms with van der Waals surface area (Å²) < 4.78 is 5.33. The van der Waals surface area contributed by atoms with Crippen molar-refractivity contribution in [2.45, 2.75) is 45.3 Å². The molecule has 0 saturated carbocycles. The molecule has 0 radical (unpaired) electrons. The lowest BCUT2D eigenvalue weighted by Gasteiger charge is -2.41. The average Bonchev–Trinajstić information content (AvgIpc) is 2.37. The molecule has 4 heteroatoms. The second kappa shape index (κ2) is 5.03. The van der Waals surface area contributed by atoms with E-state index >= 15 is 0 Å². The Hall–Kier alpha value is -1.84. The molecule has 1 atom stereocenters. The van der Waals surface area contributed by atoms with Gasteiger partial charge in [0.15, 0.2) is 0 Å². The monoisotopic (exact) mass is 261 g/mol. The van der Waals surface area contributed by atoms with Crippen molar-refractivity contribution in [3.63, 3.8) is 0 Å². The maximum atomic E-state index is 12.1. The molecule has 1 heterocycles. The Morgan fingerprint density at radius 1 is 1.37 bits per heavy atom. The molecular formula is C15H19NO3. The molecule has 0 aliphatic carbocycles. The summed E-state index contributed by atoms with van der Waals surface area (Å²) in [6.07, 6.45) is 0.352. The Morgan fingerprint density at radius 2 is 2.00 bits per heavy atom. The minimum atomic E-state index is -0.553. The van der Waals surface area contributed by atoms with Crippen LogP contribution in [0.15, 0.2) is 30.3 Å². The number of hydrogen-bond donors (Lipinski definition) is 0. The van der Waals surface area contributed by atoms with Crippen LogP contribution in [0.2, 0.25) is 0 Å². The second-order valence-electron chi connectivity index (χ2n) is 5.38. The first-order chi connectivity index (χ1) is 8.94. The lowest BCUT2D eigenvalue weighted by molar-refractivity contribution is -0.138. The number of benzene rings is 1. The molecule has 0 aromatic heterocycles. The molecule has 1 aromatic carbocycles. The summed E-state index contributed by atoms with van der Waals surface area (Å²) in [4.78, 5) is 25.3. The molecule has 2 amide bonds. The number of imide groups is 1. The number of nitrogens with zero attached hydrogens (tertiary/aromatic N) is 1. The van der Waals surface area contributed by atoms with E-state index in [0.29, 0.717) is 12.8 Å². The number of ether oxygens (including phenoxy) is 1. The standard InChI is InChI=1S/C15H19NO3/c1-4-13(17)16-12(11-8-6-5-7-9-11)10-15(2,3)19-14(16)18/h5-9,12H,4,10H2,1-3H3/t12-/m1/s1. The van der Waals surface area contributed by atoms with Gasteiger partial charge in [0, 0.05) is 12.8 Å². The van der Waals surface area contributed by atoms with Gasteiger partial charge in [0.25, 0.3) is 0 Å². The highest BCUT2D eigenvalue weighted by molar-refractivity contribution is 5.93. The first-order valence-electron chi connectivity index (χ1n) is 6.54.